The molecular formula is C20H22N6O4. The van der Waals surface area contributed by atoms with Crippen molar-refractivity contribution >= 4 is 17.0 Å². The standard InChI is InChI=1S/C11H13NO4.C7H6N2.C2H3N3/c1-14-9-4-2-3-5-10(9)15-7-8-6-12-11(13)16-8;1-2-4-7-6(3-1)5-8-9-7;1-2-4-5-3-1/h2-5,8H,6-7H2,1H3,(H,12,13);1-5H,(H,8,9);1-2H,(H,3,4,5). The molecule has 2 aromatic carbocycles. The number of nitrogens with one attached hydrogen (secondary N) is 3. The molecule has 10 heteroatoms. The number of ether oxygens (including phenoxy) is 3. The van der Waals surface area contributed by atoms with Crippen molar-refractivity contribution in [1.82, 2.24) is 30.9 Å². The number of alkyl carbamates (subject to hydrolysis) is 1. The minimum atomic E-state index is -0.395. The molecule has 30 heavy (non-hydrogen) atoms. The van der Waals surface area contributed by atoms with Crippen LogP contribution in [0.2, 0.25) is 0 Å². The number of carbonyl (C=O) groups is 1. The number of hydrogen-bond donors (Lipinski definition) is 3. The van der Waals surface area contributed by atoms with E-state index in [4.69, 9.17) is 14.2 Å². The maximum absolute atomic E-state index is 10.8. The fourth-order valence-electron chi connectivity index (χ4n) is 2.50. The Morgan fingerprint density at radius 1 is 1.03 bits per heavy atom. The lowest BCUT2D eigenvalue weighted by Gasteiger charge is -2.12. The van der Waals surface area contributed by atoms with Gasteiger partial charge in [0.2, 0.25) is 0 Å². The predicted molar refractivity (Wildman–Crippen MR) is 109 cm³/mol. The quantitative estimate of drug-likeness (QED) is 0.472. The summed E-state index contributed by atoms with van der Waals surface area (Å²) in [4.78, 5) is 10.8. The molecule has 1 unspecified atom stereocenters. The molecule has 0 radical (unpaired) electrons. The second-order valence-corrected chi connectivity index (χ2v) is 5.98. The number of methoxy groups -OCH3 is 1. The third-order valence-electron chi connectivity index (χ3n) is 3.92. The van der Waals surface area contributed by atoms with Gasteiger partial charge < -0.3 is 19.5 Å². The normalized spacial score (nSPS) is 14.4. The van der Waals surface area contributed by atoms with E-state index in [1.165, 1.54) is 0 Å². The first-order chi connectivity index (χ1) is 14.8. The lowest BCUT2D eigenvalue weighted by molar-refractivity contribution is 0.103. The summed E-state index contributed by atoms with van der Waals surface area (Å²) in [6, 6.07) is 15.4. The van der Waals surface area contributed by atoms with E-state index in [0.29, 0.717) is 24.7 Å². The van der Waals surface area contributed by atoms with Crippen LogP contribution in [0.5, 0.6) is 11.5 Å². The number of nitrogens with zero attached hydrogens (tertiary/aromatic N) is 3. The molecule has 156 valence electrons. The smallest absolute Gasteiger partial charge is 0.407 e. The molecule has 3 N–H and O–H groups in total. The number of amides is 1. The molecule has 5 rings (SSSR count). The highest BCUT2D eigenvalue weighted by Gasteiger charge is 2.23. The number of fused-ring (bicyclic) bond motifs is 1. The van der Waals surface area contributed by atoms with Crippen LogP contribution in [0.15, 0.2) is 67.1 Å². The predicted octanol–water partition coefficient (Wildman–Crippen LogP) is 2.55. The van der Waals surface area contributed by atoms with Gasteiger partial charge in [0.15, 0.2) is 17.6 Å². The Kier molecular flexibility index (Phi) is 7.61. The topological polar surface area (TPSA) is 127 Å². The first kappa shape index (κ1) is 20.6. The summed E-state index contributed by atoms with van der Waals surface area (Å²) in [5.41, 5.74) is 1.09. The van der Waals surface area contributed by atoms with Gasteiger partial charge in [-0.2, -0.15) is 20.5 Å². The third-order valence-corrected chi connectivity index (χ3v) is 3.92. The van der Waals surface area contributed by atoms with Gasteiger partial charge in [0.05, 0.1) is 37.8 Å². The zero-order valence-corrected chi connectivity index (χ0v) is 16.3. The van der Waals surface area contributed by atoms with Crippen LogP contribution in [0.1, 0.15) is 0 Å². The van der Waals surface area contributed by atoms with Gasteiger partial charge in [-0.3, -0.25) is 5.10 Å². The van der Waals surface area contributed by atoms with E-state index >= 15 is 0 Å². The number of rotatable bonds is 4. The van der Waals surface area contributed by atoms with Crippen LogP contribution in [0.25, 0.3) is 10.9 Å². The van der Waals surface area contributed by atoms with E-state index in [1.54, 1.807) is 19.5 Å². The average molecular weight is 410 g/mol. The number of H-pyrrole nitrogens is 2. The van der Waals surface area contributed by atoms with Gasteiger partial charge in [-0.1, -0.05) is 30.3 Å². The molecule has 1 aliphatic rings. The molecule has 0 saturated carbocycles. The lowest BCUT2D eigenvalue weighted by atomic mass is 10.3. The van der Waals surface area contributed by atoms with E-state index in [1.807, 2.05) is 54.7 Å². The van der Waals surface area contributed by atoms with Crippen molar-refractivity contribution in [3.8, 4) is 11.5 Å². The van der Waals surface area contributed by atoms with Gasteiger partial charge in [0.1, 0.15) is 6.61 Å². The van der Waals surface area contributed by atoms with Crippen LogP contribution in [0.3, 0.4) is 0 Å². The molecule has 3 heterocycles. The Labute approximate surface area is 172 Å². The number of cyclic esters (lactones) is 1. The summed E-state index contributed by atoms with van der Waals surface area (Å²) in [7, 11) is 1.58. The summed E-state index contributed by atoms with van der Waals surface area (Å²) in [6.07, 6.45) is 4.35. The van der Waals surface area contributed by atoms with Crippen molar-refractivity contribution < 1.29 is 19.0 Å². The lowest BCUT2D eigenvalue weighted by Crippen LogP contribution is -2.22. The van der Waals surface area contributed by atoms with Gasteiger partial charge in [0, 0.05) is 5.39 Å². The largest absolute Gasteiger partial charge is 0.493 e. The van der Waals surface area contributed by atoms with Crippen LogP contribution in [0.4, 0.5) is 4.79 Å². The fourth-order valence-corrected chi connectivity index (χ4v) is 2.50. The minimum absolute atomic E-state index is 0.239. The fraction of sp³-hybridized carbons (Fsp3) is 0.200. The molecular weight excluding hydrogens is 388 g/mol. The highest BCUT2D eigenvalue weighted by Crippen LogP contribution is 2.26. The Morgan fingerprint density at radius 3 is 2.40 bits per heavy atom. The van der Waals surface area contributed by atoms with E-state index in [2.05, 4.69) is 30.9 Å². The molecule has 1 atom stereocenters. The average Bonchev–Trinajstić information content (AvgIpc) is 3.56. The van der Waals surface area contributed by atoms with E-state index in [-0.39, 0.29) is 6.10 Å². The van der Waals surface area contributed by atoms with Gasteiger partial charge in [0.25, 0.3) is 0 Å². The van der Waals surface area contributed by atoms with Crippen LogP contribution in [-0.2, 0) is 4.74 Å². The van der Waals surface area contributed by atoms with E-state index < -0.39 is 6.09 Å². The van der Waals surface area contributed by atoms with Crippen LogP contribution in [0, 0.1) is 0 Å². The molecule has 0 bridgehead atoms. The molecule has 1 fully saturated rings. The van der Waals surface area contributed by atoms with Crippen LogP contribution in [-0.4, -0.2) is 58.1 Å². The molecule has 0 spiro atoms. The Hall–Kier alpha value is -4.08. The summed E-state index contributed by atoms with van der Waals surface area (Å²) in [5, 5.41) is 19.8. The number of benzene rings is 2. The third kappa shape index (κ3) is 6.23. The van der Waals surface area contributed by atoms with Crippen molar-refractivity contribution in [2.75, 3.05) is 20.3 Å². The van der Waals surface area contributed by atoms with E-state index in [0.717, 1.165) is 10.9 Å². The van der Waals surface area contributed by atoms with Crippen molar-refractivity contribution in [1.29, 1.82) is 0 Å². The Balaban J connectivity index is 0.000000151. The summed E-state index contributed by atoms with van der Waals surface area (Å²) in [5.74, 6) is 1.31. The summed E-state index contributed by atoms with van der Waals surface area (Å²) < 4.78 is 15.6. The number of para-hydroxylation sites is 3. The van der Waals surface area contributed by atoms with Crippen LogP contribution >= 0.6 is 0 Å². The van der Waals surface area contributed by atoms with Crippen molar-refractivity contribution in [3.63, 3.8) is 0 Å². The molecule has 1 aliphatic heterocycles. The van der Waals surface area contributed by atoms with Gasteiger partial charge >= 0.3 is 6.09 Å². The Morgan fingerprint density at radius 2 is 1.77 bits per heavy atom. The van der Waals surface area contributed by atoms with Crippen LogP contribution < -0.4 is 14.8 Å². The van der Waals surface area contributed by atoms with Gasteiger partial charge in [-0.15, -0.1) is 0 Å². The van der Waals surface area contributed by atoms with E-state index in [9.17, 15) is 4.79 Å². The molecule has 10 nitrogen and oxygen atoms in total. The second kappa shape index (κ2) is 11.1. The van der Waals surface area contributed by atoms with Gasteiger partial charge in [-0.05, 0) is 18.2 Å². The maximum atomic E-state index is 10.8. The zero-order valence-electron chi connectivity index (χ0n) is 16.3. The maximum Gasteiger partial charge on any atom is 0.407 e. The molecule has 2 aromatic heterocycles. The minimum Gasteiger partial charge on any atom is -0.493 e. The first-order valence-corrected chi connectivity index (χ1v) is 9.14. The number of carbonyl (C=O) groups excluding carboxylic acids is 1. The molecule has 4 aromatic rings. The second-order valence-electron chi connectivity index (χ2n) is 5.98. The molecule has 0 aliphatic carbocycles. The number of hydrogen-bond acceptors (Lipinski definition) is 7. The first-order valence-electron chi connectivity index (χ1n) is 9.14. The SMILES string of the molecule is COc1ccccc1OCC1CNC(=O)O1.c1ccc2[nH]ncc2c1.c1cn[nH]n1. The van der Waals surface area contributed by atoms with Crippen molar-refractivity contribution in [2.45, 2.75) is 6.10 Å². The Bertz CT molecular complexity index is 974. The monoisotopic (exact) mass is 410 g/mol. The highest BCUT2D eigenvalue weighted by molar-refractivity contribution is 5.77. The zero-order chi connectivity index (χ0) is 21.0. The number of aromatic amines is 2. The summed E-state index contributed by atoms with van der Waals surface area (Å²) in [6.45, 7) is 0.799. The number of aromatic nitrogens is 5. The summed E-state index contributed by atoms with van der Waals surface area (Å²) >= 11 is 0. The molecule has 1 amide bonds. The van der Waals surface area contributed by atoms with Crippen molar-refractivity contribution in [3.05, 3.63) is 67.1 Å². The van der Waals surface area contributed by atoms with Crippen molar-refractivity contribution in [2.24, 2.45) is 0 Å². The highest BCUT2D eigenvalue weighted by atomic mass is 16.6. The molecule has 1 saturated heterocycles. The van der Waals surface area contributed by atoms with Gasteiger partial charge in [-0.25, -0.2) is 4.79 Å².